The van der Waals surface area contributed by atoms with E-state index in [4.69, 9.17) is 9.47 Å². The molecule has 2 rings (SSSR count). The molecule has 0 aliphatic carbocycles. The third-order valence-electron chi connectivity index (χ3n) is 3.46. The average Bonchev–Trinajstić information content (AvgIpc) is 2.62. The lowest BCUT2D eigenvalue weighted by Crippen LogP contribution is -2.36. The molecule has 0 aliphatic heterocycles. The molecule has 0 aliphatic rings. The molecule has 122 valence electrons. The SMILES string of the molecule is CN=C(NCc1ccc(OC)cc1)NCc1ccc(OC)cc1. The maximum absolute atomic E-state index is 5.15. The van der Waals surface area contributed by atoms with Gasteiger partial charge in [-0.1, -0.05) is 24.3 Å². The molecule has 2 aromatic carbocycles. The number of nitrogens with one attached hydrogen (secondary N) is 2. The van der Waals surface area contributed by atoms with Crippen molar-refractivity contribution in [1.82, 2.24) is 10.6 Å². The second-order valence-corrected chi connectivity index (χ2v) is 4.98. The number of methoxy groups -OCH3 is 2. The number of benzene rings is 2. The Kier molecular flexibility index (Phi) is 6.29. The number of hydrogen-bond acceptors (Lipinski definition) is 3. The topological polar surface area (TPSA) is 54.9 Å². The molecule has 0 atom stereocenters. The molecule has 0 unspecified atom stereocenters. The summed E-state index contributed by atoms with van der Waals surface area (Å²) in [5.41, 5.74) is 2.33. The van der Waals surface area contributed by atoms with Gasteiger partial charge < -0.3 is 20.1 Å². The monoisotopic (exact) mass is 313 g/mol. The van der Waals surface area contributed by atoms with Crippen LogP contribution in [0.3, 0.4) is 0 Å². The zero-order valence-electron chi connectivity index (χ0n) is 13.8. The van der Waals surface area contributed by atoms with Crippen LogP contribution in [0, 0.1) is 0 Å². The quantitative estimate of drug-likeness (QED) is 0.636. The summed E-state index contributed by atoms with van der Waals surface area (Å²) < 4.78 is 10.3. The Bertz CT molecular complexity index is 568. The first-order chi connectivity index (χ1) is 11.2. The fraction of sp³-hybridized carbons (Fsp3) is 0.278. The maximum atomic E-state index is 5.15. The van der Waals surface area contributed by atoms with Gasteiger partial charge in [-0.05, 0) is 35.4 Å². The van der Waals surface area contributed by atoms with E-state index in [0.29, 0.717) is 13.1 Å². The van der Waals surface area contributed by atoms with Gasteiger partial charge in [0, 0.05) is 20.1 Å². The van der Waals surface area contributed by atoms with Gasteiger partial charge in [0.25, 0.3) is 0 Å². The van der Waals surface area contributed by atoms with Crippen molar-refractivity contribution in [1.29, 1.82) is 0 Å². The minimum atomic E-state index is 0.701. The Balaban J connectivity index is 1.82. The van der Waals surface area contributed by atoms with Gasteiger partial charge in [0.15, 0.2) is 5.96 Å². The first-order valence-electron chi connectivity index (χ1n) is 7.45. The van der Waals surface area contributed by atoms with Crippen LogP contribution in [0.25, 0.3) is 0 Å². The summed E-state index contributed by atoms with van der Waals surface area (Å²) >= 11 is 0. The van der Waals surface area contributed by atoms with Gasteiger partial charge in [-0.15, -0.1) is 0 Å². The van der Waals surface area contributed by atoms with Crippen molar-refractivity contribution in [2.75, 3.05) is 21.3 Å². The highest BCUT2D eigenvalue weighted by molar-refractivity contribution is 5.79. The highest BCUT2D eigenvalue weighted by Gasteiger charge is 2.00. The van der Waals surface area contributed by atoms with Crippen LogP contribution in [-0.4, -0.2) is 27.2 Å². The van der Waals surface area contributed by atoms with Crippen molar-refractivity contribution >= 4 is 5.96 Å². The second kappa shape index (κ2) is 8.68. The fourth-order valence-electron chi connectivity index (χ4n) is 2.08. The van der Waals surface area contributed by atoms with E-state index in [2.05, 4.69) is 15.6 Å². The molecule has 0 heterocycles. The van der Waals surface area contributed by atoms with Gasteiger partial charge in [-0.3, -0.25) is 4.99 Å². The zero-order chi connectivity index (χ0) is 16.5. The molecule has 0 saturated heterocycles. The minimum Gasteiger partial charge on any atom is -0.497 e. The van der Waals surface area contributed by atoms with Gasteiger partial charge in [-0.25, -0.2) is 0 Å². The fourth-order valence-corrected chi connectivity index (χ4v) is 2.08. The lowest BCUT2D eigenvalue weighted by molar-refractivity contribution is 0.414. The molecule has 5 heteroatoms. The van der Waals surface area contributed by atoms with Crippen LogP contribution in [0.15, 0.2) is 53.5 Å². The Morgan fingerprint density at radius 3 is 1.48 bits per heavy atom. The summed E-state index contributed by atoms with van der Waals surface area (Å²) in [4.78, 5) is 4.23. The number of rotatable bonds is 6. The van der Waals surface area contributed by atoms with E-state index in [-0.39, 0.29) is 0 Å². The van der Waals surface area contributed by atoms with Crippen LogP contribution < -0.4 is 20.1 Å². The summed E-state index contributed by atoms with van der Waals surface area (Å²) in [6, 6.07) is 15.9. The van der Waals surface area contributed by atoms with Crippen molar-refractivity contribution < 1.29 is 9.47 Å². The molecule has 0 radical (unpaired) electrons. The molecule has 23 heavy (non-hydrogen) atoms. The lowest BCUT2D eigenvalue weighted by Gasteiger charge is -2.12. The van der Waals surface area contributed by atoms with Crippen molar-refractivity contribution in [3.63, 3.8) is 0 Å². The lowest BCUT2D eigenvalue weighted by atomic mass is 10.2. The molecule has 0 saturated carbocycles. The molecule has 0 amide bonds. The summed E-state index contributed by atoms with van der Waals surface area (Å²) in [6.07, 6.45) is 0. The molecule has 0 fully saturated rings. The van der Waals surface area contributed by atoms with Gasteiger partial charge in [0.1, 0.15) is 11.5 Å². The summed E-state index contributed by atoms with van der Waals surface area (Å²) in [7, 11) is 5.09. The molecule has 0 aromatic heterocycles. The number of guanidine groups is 1. The molecule has 2 aromatic rings. The second-order valence-electron chi connectivity index (χ2n) is 4.98. The standard InChI is InChI=1S/C18H23N3O2/c1-19-18(20-12-14-4-8-16(22-2)9-5-14)21-13-15-6-10-17(23-3)11-7-15/h4-11H,12-13H2,1-3H3,(H2,19,20,21). The van der Waals surface area contributed by atoms with Crippen LogP contribution >= 0.6 is 0 Å². The first kappa shape index (κ1) is 16.7. The van der Waals surface area contributed by atoms with Gasteiger partial charge in [-0.2, -0.15) is 0 Å². The molecule has 0 bridgehead atoms. The van der Waals surface area contributed by atoms with E-state index in [1.165, 1.54) is 0 Å². The van der Waals surface area contributed by atoms with Crippen molar-refractivity contribution in [2.45, 2.75) is 13.1 Å². The highest BCUT2D eigenvalue weighted by Crippen LogP contribution is 2.12. The van der Waals surface area contributed by atoms with Gasteiger partial charge in [0.05, 0.1) is 14.2 Å². The van der Waals surface area contributed by atoms with Crippen molar-refractivity contribution in [2.24, 2.45) is 4.99 Å². The van der Waals surface area contributed by atoms with E-state index in [1.807, 2.05) is 48.5 Å². The Labute approximate surface area is 137 Å². The Morgan fingerprint density at radius 1 is 0.783 bits per heavy atom. The minimum absolute atomic E-state index is 0.701. The van der Waals surface area contributed by atoms with Gasteiger partial charge >= 0.3 is 0 Å². The van der Waals surface area contributed by atoms with Crippen LogP contribution in [0.1, 0.15) is 11.1 Å². The number of hydrogen-bond donors (Lipinski definition) is 2. The van der Waals surface area contributed by atoms with Crippen LogP contribution in [0.4, 0.5) is 0 Å². The Morgan fingerprint density at radius 2 is 1.17 bits per heavy atom. The number of aliphatic imine (C=N–C) groups is 1. The van der Waals surface area contributed by atoms with E-state index in [0.717, 1.165) is 28.6 Å². The third-order valence-corrected chi connectivity index (χ3v) is 3.46. The van der Waals surface area contributed by atoms with E-state index < -0.39 is 0 Å². The van der Waals surface area contributed by atoms with Gasteiger partial charge in [0.2, 0.25) is 0 Å². The largest absolute Gasteiger partial charge is 0.497 e. The smallest absolute Gasteiger partial charge is 0.191 e. The van der Waals surface area contributed by atoms with E-state index in [9.17, 15) is 0 Å². The maximum Gasteiger partial charge on any atom is 0.191 e. The predicted molar refractivity (Wildman–Crippen MR) is 93.0 cm³/mol. The van der Waals surface area contributed by atoms with Crippen molar-refractivity contribution in [3.05, 3.63) is 59.7 Å². The highest BCUT2D eigenvalue weighted by atomic mass is 16.5. The molecular weight excluding hydrogens is 290 g/mol. The van der Waals surface area contributed by atoms with E-state index in [1.54, 1.807) is 21.3 Å². The molecule has 0 spiro atoms. The molecular formula is C18H23N3O2. The van der Waals surface area contributed by atoms with Crippen LogP contribution in [0.5, 0.6) is 11.5 Å². The Hall–Kier alpha value is -2.69. The summed E-state index contributed by atoms with van der Waals surface area (Å²) in [6.45, 7) is 1.40. The third kappa shape index (κ3) is 5.21. The molecule has 5 nitrogen and oxygen atoms in total. The summed E-state index contributed by atoms with van der Waals surface area (Å²) in [5, 5.41) is 6.58. The number of nitrogens with zero attached hydrogens (tertiary/aromatic N) is 1. The number of ether oxygens (including phenoxy) is 2. The normalized spacial score (nSPS) is 9.87. The first-order valence-corrected chi connectivity index (χ1v) is 7.45. The van der Waals surface area contributed by atoms with Crippen molar-refractivity contribution in [3.8, 4) is 11.5 Å². The predicted octanol–water partition coefficient (Wildman–Crippen LogP) is 2.57. The van der Waals surface area contributed by atoms with E-state index >= 15 is 0 Å². The molecule has 2 N–H and O–H groups in total. The average molecular weight is 313 g/mol. The van der Waals surface area contributed by atoms with Crippen LogP contribution in [0.2, 0.25) is 0 Å². The zero-order valence-corrected chi connectivity index (χ0v) is 13.8. The van der Waals surface area contributed by atoms with Crippen LogP contribution in [-0.2, 0) is 13.1 Å². The summed E-state index contributed by atoms with van der Waals surface area (Å²) in [5.74, 6) is 2.48.